The number of fused-ring (bicyclic) bond motifs is 1. The minimum atomic E-state index is -1.22. The van der Waals surface area contributed by atoms with Gasteiger partial charge in [-0.25, -0.2) is 15.0 Å². The molecule has 3 aromatic rings. The number of aliphatic hydroxyl groups is 2. The van der Waals surface area contributed by atoms with E-state index in [-0.39, 0.29) is 30.0 Å². The zero-order valence-electron chi connectivity index (χ0n) is 22.0. The number of aromatic nitrogens is 4. The van der Waals surface area contributed by atoms with Gasteiger partial charge in [0.15, 0.2) is 23.2 Å². The molecule has 12 nitrogen and oxygen atoms in total. The zero-order chi connectivity index (χ0) is 27.5. The normalized spacial score (nSPS) is 30.1. The van der Waals surface area contributed by atoms with Crippen molar-refractivity contribution in [1.29, 1.82) is 0 Å². The van der Waals surface area contributed by atoms with E-state index < -0.39 is 24.5 Å². The van der Waals surface area contributed by atoms with Crippen molar-refractivity contribution in [1.82, 2.24) is 24.8 Å². The second-order valence-electron chi connectivity index (χ2n) is 10.4. The predicted octanol–water partition coefficient (Wildman–Crippen LogP) is 1.68. The molecule has 7 atom stereocenters. The van der Waals surface area contributed by atoms with Crippen molar-refractivity contribution < 1.29 is 29.2 Å². The Kier molecular flexibility index (Phi) is 8.37. The van der Waals surface area contributed by atoms with Gasteiger partial charge in [0, 0.05) is 6.61 Å². The molecule has 0 spiro atoms. The zero-order valence-corrected chi connectivity index (χ0v) is 22.8. The number of benzene rings is 1. The highest BCUT2D eigenvalue weighted by Gasteiger charge is 2.45. The van der Waals surface area contributed by atoms with Crippen molar-refractivity contribution in [2.45, 2.75) is 75.0 Å². The highest BCUT2D eigenvalue weighted by molar-refractivity contribution is 7.80. The number of thiocarbonyl (C=S) groups is 1. The average molecular weight is 571 g/mol. The first-order valence-electron chi connectivity index (χ1n) is 13.7. The fraction of sp³-hybridized carbons (Fsp3) is 0.556. The molecule has 40 heavy (non-hydrogen) atoms. The van der Waals surface area contributed by atoms with E-state index >= 15 is 0 Å². The second kappa shape index (κ2) is 12.3. The summed E-state index contributed by atoms with van der Waals surface area (Å²) in [6.07, 6.45) is 2.66. The van der Waals surface area contributed by atoms with Gasteiger partial charge < -0.3 is 39.8 Å². The molecule has 1 aliphatic carbocycles. The largest absolute Gasteiger partial charge is 0.468 e. The molecule has 214 valence electrons. The van der Waals surface area contributed by atoms with Crippen LogP contribution in [-0.4, -0.2) is 91.2 Å². The maximum Gasteiger partial charge on any atom is 0.257 e. The first-order valence-corrected chi connectivity index (χ1v) is 14.1. The van der Waals surface area contributed by atoms with Crippen LogP contribution in [0.1, 0.15) is 37.5 Å². The average Bonchev–Trinajstić information content (AvgIpc) is 3.77. The molecule has 4 N–H and O–H groups in total. The first-order chi connectivity index (χ1) is 19.6. The molecule has 0 bridgehead atoms. The summed E-state index contributed by atoms with van der Waals surface area (Å²) in [6, 6.07) is 10.3. The maximum atomic E-state index is 10.8. The second-order valence-corrected chi connectivity index (χ2v) is 10.8. The van der Waals surface area contributed by atoms with Crippen LogP contribution < -0.4 is 10.6 Å². The lowest BCUT2D eigenvalue weighted by molar-refractivity contribution is -0.0494. The lowest BCUT2D eigenvalue weighted by Crippen LogP contribution is -2.42. The minimum absolute atomic E-state index is 0.0263. The number of nitrogens with one attached hydrogen (secondary N) is 2. The Bertz CT molecular complexity index is 1290. The van der Waals surface area contributed by atoms with Gasteiger partial charge in [-0.15, -0.1) is 0 Å². The summed E-state index contributed by atoms with van der Waals surface area (Å²) in [7, 11) is 0. The quantitative estimate of drug-likeness (QED) is 0.278. The van der Waals surface area contributed by atoms with E-state index in [4.69, 9.17) is 31.2 Å². The van der Waals surface area contributed by atoms with Crippen LogP contribution in [0.2, 0.25) is 0 Å². The van der Waals surface area contributed by atoms with Gasteiger partial charge in [-0.05, 0) is 43.5 Å². The molecular formula is C27H34N6O6S. The Morgan fingerprint density at radius 3 is 2.80 bits per heavy atom. The third-order valence-corrected chi connectivity index (χ3v) is 7.92. The van der Waals surface area contributed by atoms with E-state index in [1.165, 1.54) is 12.7 Å². The highest BCUT2D eigenvalue weighted by Crippen LogP contribution is 2.33. The summed E-state index contributed by atoms with van der Waals surface area (Å²) in [5.74, 6) is 0.585. The summed E-state index contributed by atoms with van der Waals surface area (Å²) in [5.41, 5.74) is 2.15. The van der Waals surface area contributed by atoms with Crippen molar-refractivity contribution >= 4 is 34.4 Å². The van der Waals surface area contributed by atoms with E-state index in [0.29, 0.717) is 36.8 Å². The van der Waals surface area contributed by atoms with Gasteiger partial charge in [0.1, 0.15) is 31.2 Å². The Morgan fingerprint density at radius 2 is 1.98 bits per heavy atom. The molecule has 2 aliphatic heterocycles. The highest BCUT2D eigenvalue weighted by atomic mass is 32.1. The van der Waals surface area contributed by atoms with Gasteiger partial charge in [-0.3, -0.25) is 4.57 Å². The van der Waals surface area contributed by atoms with Crippen LogP contribution in [0.3, 0.4) is 0 Å². The number of aliphatic hydroxyl groups excluding tert-OH is 2. The lowest BCUT2D eigenvalue weighted by atomic mass is 10.1. The number of imidazole rings is 1. The topological polar surface area (TPSA) is 145 Å². The van der Waals surface area contributed by atoms with Gasteiger partial charge in [0.25, 0.3) is 5.17 Å². The van der Waals surface area contributed by atoms with E-state index in [1.54, 1.807) is 4.57 Å². The van der Waals surface area contributed by atoms with E-state index in [0.717, 1.165) is 31.2 Å². The Hall–Kier alpha value is -2.94. The monoisotopic (exact) mass is 570 g/mol. The van der Waals surface area contributed by atoms with Crippen LogP contribution in [0.5, 0.6) is 0 Å². The fourth-order valence-corrected chi connectivity index (χ4v) is 5.72. The molecule has 6 rings (SSSR count). The molecule has 1 unspecified atom stereocenters. The Morgan fingerprint density at radius 1 is 1.10 bits per heavy atom. The van der Waals surface area contributed by atoms with Crippen LogP contribution in [0, 0.1) is 0 Å². The smallest absolute Gasteiger partial charge is 0.257 e. The molecule has 3 fully saturated rings. The maximum absolute atomic E-state index is 10.8. The number of anilines is 1. The van der Waals surface area contributed by atoms with Gasteiger partial charge >= 0.3 is 0 Å². The molecular weight excluding hydrogens is 536 g/mol. The van der Waals surface area contributed by atoms with Crippen molar-refractivity contribution in [3.05, 3.63) is 48.5 Å². The van der Waals surface area contributed by atoms with Crippen LogP contribution in [0.4, 0.5) is 5.82 Å². The van der Waals surface area contributed by atoms with Gasteiger partial charge in [0.2, 0.25) is 0 Å². The van der Waals surface area contributed by atoms with E-state index in [2.05, 4.69) is 25.6 Å². The summed E-state index contributed by atoms with van der Waals surface area (Å²) in [4.78, 5) is 13.1. The number of rotatable bonds is 9. The summed E-state index contributed by atoms with van der Waals surface area (Å²) < 4.78 is 25.0. The van der Waals surface area contributed by atoms with Crippen molar-refractivity contribution in [2.75, 3.05) is 25.1 Å². The number of nitrogens with zero attached hydrogens (tertiary/aromatic N) is 4. The summed E-state index contributed by atoms with van der Waals surface area (Å²) >= 11 is 5.43. The Labute approximate surface area is 237 Å². The molecule has 13 heteroatoms. The minimum Gasteiger partial charge on any atom is -0.468 e. The molecule has 0 radical (unpaired) electrons. The molecule has 2 saturated heterocycles. The molecule has 1 aromatic carbocycles. The summed E-state index contributed by atoms with van der Waals surface area (Å²) in [6.45, 7) is 1.81. The molecule has 2 aromatic heterocycles. The van der Waals surface area contributed by atoms with Crippen LogP contribution >= 0.6 is 12.2 Å². The lowest BCUT2D eigenvalue weighted by Gasteiger charge is -2.23. The van der Waals surface area contributed by atoms with Gasteiger partial charge in [-0.2, -0.15) is 0 Å². The third-order valence-electron chi connectivity index (χ3n) is 7.68. The van der Waals surface area contributed by atoms with Crippen molar-refractivity contribution in [3.8, 4) is 0 Å². The van der Waals surface area contributed by atoms with Gasteiger partial charge in [0.05, 0.1) is 37.7 Å². The fourth-order valence-electron chi connectivity index (χ4n) is 5.50. The molecule has 0 amide bonds. The van der Waals surface area contributed by atoms with E-state index in [1.807, 2.05) is 30.3 Å². The molecule has 4 heterocycles. The predicted molar refractivity (Wildman–Crippen MR) is 148 cm³/mol. The molecule has 3 aliphatic rings. The van der Waals surface area contributed by atoms with Crippen molar-refractivity contribution in [2.24, 2.45) is 0 Å². The Balaban J connectivity index is 1.03. The van der Waals surface area contributed by atoms with Crippen LogP contribution in [0.15, 0.2) is 43.0 Å². The summed E-state index contributed by atoms with van der Waals surface area (Å²) in [5, 5.41) is 28.4. The molecule has 1 saturated carbocycles. The van der Waals surface area contributed by atoms with Crippen LogP contribution in [0.25, 0.3) is 11.2 Å². The van der Waals surface area contributed by atoms with Crippen molar-refractivity contribution in [3.63, 3.8) is 0 Å². The standard InChI is InChI=1S/C27H34N6O6S/c34-22-20(13-38-27(40)32-18-7-4-8-19(18)37-11-16-5-2-1-3-6-16)39-26(23(22)35)33-15-30-21-24(28-14-29-25(21)33)31-17-9-10-36-12-17/h1-3,5-6,14-15,17-20,22-23,26,34-35H,4,7-13H2,(H,32,40)(H,28,29,31)/t17-,18+,19+,20-,22-,23-,26?/m1/s1. The number of ether oxygens (including phenoxy) is 4. The van der Waals surface area contributed by atoms with Gasteiger partial charge in [-0.1, -0.05) is 30.3 Å². The number of hydrogen-bond acceptors (Lipinski definition) is 11. The van der Waals surface area contributed by atoms with Crippen LogP contribution in [-0.2, 0) is 25.6 Å². The number of hydrogen-bond donors (Lipinski definition) is 4. The van der Waals surface area contributed by atoms with E-state index in [9.17, 15) is 10.2 Å². The third kappa shape index (κ3) is 5.90. The first kappa shape index (κ1) is 27.2. The SMILES string of the molecule is O[C@@H]1[C@@H](COC(=S)N[C@H]2CCC[C@@H]2OCc2ccccc2)OC(n2cnc3c(N[C@@H]4CCOC4)ncnc32)[C@@H]1O.